The number of hydrogen-bond acceptors (Lipinski definition) is 7. The fourth-order valence-electron chi connectivity index (χ4n) is 1.85. The molecule has 2 heterocycles. The maximum absolute atomic E-state index is 12.0. The van der Waals surface area contributed by atoms with E-state index in [1.165, 1.54) is 6.33 Å². The normalized spacial score (nSPS) is 10.8. The van der Waals surface area contributed by atoms with Gasteiger partial charge in [0.1, 0.15) is 19.2 Å². The van der Waals surface area contributed by atoms with Crippen LogP contribution < -0.4 is 5.32 Å². The molecule has 0 radical (unpaired) electrons. The van der Waals surface area contributed by atoms with Crippen molar-refractivity contribution >= 4 is 35.0 Å². The highest BCUT2D eigenvalue weighted by molar-refractivity contribution is 7.99. The fourth-order valence-corrected chi connectivity index (χ4v) is 2.71. The van der Waals surface area contributed by atoms with Gasteiger partial charge in [0, 0.05) is 0 Å². The first-order valence-corrected chi connectivity index (χ1v) is 8.30. The minimum absolute atomic E-state index is 0.134. The summed E-state index contributed by atoms with van der Waals surface area (Å²) in [6.07, 6.45) is 2.97. The third-order valence-electron chi connectivity index (χ3n) is 2.94. The van der Waals surface area contributed by atoms with Crippen LogP contribution in [0.4, 0.5) is 5.69 Å². The molecule has 1 aromatic carbocycles. The molecule has 0 fully saturated rings. The van der Waals surface area contributed by atoms with E-state index < -0.39 is 0 Å². The molecular formula is C14H13ClN6O2S. The van der Waals surface area contributed by atoms with Crippen LogP contribution in [0.5, 0.6) is 0 Å². The van der Waals surface area contributed by atoms with Gasteiger partial charge in [-0.3, -0.25) is 4.79 Å². The van der Waals surface area contributed by atoms with Crippen molar-refractivity contribution in [3.05, 3.63) is 47.3 Å². The number of nitrogens with one attached hydrogen (secondary N) is 1. The molecule has 2 aromatic heterocycles. The van der Waals surface area contributed by atoms with Crippen LogP contribution in [0.25, 0.3) is 0 Å². The van der Waals surface area contributed by atoms with Crippen molar-refractivity contribution in [1.29, 1.82) is 0 Å². The number of aryl methyl sites for hydroxylation is 1. The van der Waals surface area contributed by atoms with Crippen LogP contribution in [0.2, 0.25) is 5.02 Å². The molecule has 24 heavy (non-hydrogen) atoms. The van der Waals surface area contributed by atoms with Gasteiger partial charge >= 0.3 is 0 Å². The Kier molecular flexibility index (Phi) is 5.11. The monoisotopic (exact) mass is 364 g/mol. The Morgan fingerprint density at radius 1 is 1.42 bits per heavy atom. The largest absolute Gasteiger partial charge is 0.414 e. The molecule has 0 saturated heterocycles. The number of carbonyl (C=O) groups excluding carboxylic acids is 1. The average Bonchev–Trinajstić information content (AvgIpc) is 3.20. The zero-order chi connectivity index (χ0) is 16.9. The van der Waals surface area contributed by atoms with Gasteiger partial charge in [-0.15, -0.1) is 10.2 Å². The molecule has 8 nitrogen and oxygen atoms in total. The van der Waals surface area contributed by atoms with E-state index in [4.69, 9.17) is 16.0 Å². The molecule has 3 rings (SSSR count). The highest BCUT2D eigenvalue weighted by atomic mass is 35.5. The van der Waals surface area contributed by atoms with Crippen molar-refractivity contribution in [2.24, 2.45) is 0 Å². The van der Waals surface area contributed by atoms with Crippen molar-refractivity contribution in [3.63, 3.8) is 0 Å². The van der Waals surface area contributed by atoms with Gasteiger partial charge in [0.2, 0.25) is 11.8 Å². The van der Waals surface area contributed by atoms with E-state index in [-0.39, 0.29) is 11.7 Å². The number of carbonyl (C=O) groups is 1. The molecule has 0 aliphatic carbocycles. The summed E-state index contributed by atoms with van der Waals surface area (Å²) >= 11 is 7.24. The predicted octanol–water partition coefficient (Wildman–Crippen LogP) is 2.40. The van der Waals surface area contributed by atoms with Gasteiger partial charge < -0.3 is 9.73 Å². The van der Waals surface area contributed by atoms with Crippen LogP contribution in [-0.4, -0.2) is 36.6 Å². The van der Waals surface area contributed by atoms with Crippen LogP contribution in [-0.2, 0) is 11.3 Å². The van der Waals surface area contributed by atoms with Crippen molar-refractivity contribution in [1.82, 2.24) is 25.0 Å². The summed E-state index contributed by atoms with van der Waals surface area (Å²) in [6, 6.07) is 5.44. The van der Waals surface area contributed by atoms with Crippen LogP contribution in [0, 0.1) is 6.92 Å². The molecule has 0 aliphatic rings. The number of rotatable bonds is 6. The van der Waals surface area contributed by atoms with Gasteiger partial charge in [0.15, 0.2) is 0 Å². The lowest BCUT2D eigenvalue weighted by Gasteiger charge is -2.06. The molecule has 1 amide bonds. The molecular weight excluding hydrogens is 352 g/mol. The first-order chi connectivity index (χ1) is 11.6. The second-order valence-corrected chi connectivity index (χ2v) is 6.21. The van der Waals surface area contributed by atoms with Gasteiger partial charge in [-0.25, -0.2) is 9.67 Å². The van der Waals surface area contributed by atoms with E-state index in [0.29, 0.717) is 28.4 Å². The molecule has 0 saturated carbocycles. The lowest BCUT2D eigenvalue weighted by Crippen LogP contribution is -2.14. The SMILES string of the molecule is Cc1ccc(NC(=O)CSc2nnc(Cn3cncn3)o2)c(Cl)c1. The van der Waals surface area contributed by atoms with Gasteiger partial charge in [0.05, 0.1) is 16.5 Å². The molecule has 124 valence electrons. The Balaban J connectivity index is 1.52. The number of thioether (sulfide) groups is 1. The first-order valence-electron chi connectivity index (χ1n) is 6.94. The number of benzene rings is 1. The lowest BCUT2D eigenvalue weighted by atomic mass is 10.2. The van der Waals surface area contributed by atoms with E-state index in [1.54, 1.807) is 23.1 Å². The minimum Gasteiger partial charge on any atom is -0.414 e. The molecule has 0 unspecified atom stereocenters. The van der Waals surface area contributed by atoms with E-state index in [2.05, 4.69) is 25.6 Å². The number of halogens is 1. The highest BCUT2D eigenvalue weighted by Crippen LogP contribution is 2.23. The number of amides is 1. The standard InChI is InChI=1S/C14H13ClN6O2S/c1-9-2-3-11(10(15)4-9)18-12(22)6-24-14-20-19-13(23-14)5-21-8-16-7-17-21/h2-4,7-8H,5-6H2,1H3,(H,18,22). The Labute approximate surface area is 146 Å². The number of aromatic nitrogens is 5. The van der Waals surface area contributed by atoms with Crippen LogP contribution in [0.1, 0.15) is 11.5 Å². The Hall–Kier alpha value is -2.39. The average molecular weight is 365 g/mol. The van der Waals surface area contributed by atoms with Gasteiger partial charge in [-0.05, 0) is 24.6 Å². The third-order valence-corrected chi connectivity index (χ3v) is 4.07. The summed E-state index contributed by atoms with van der Waals surface area (Å²) in [5.74, 6) is 0.321. The summed E-state index contributed by atoms with van der Waals surface area (Å²) < 4.78 is 7.01. The maximum atomic E-state index is 12.0. The predicted molar refractivity (Wildman–Crippen MR) is 89.0 cm³/mol. The smallest absolute Gasteiger partial charge is 0.277 e. The highest BCUT2D eigenvalue weighted by Gasteiger charge is 2.11. The molecule has 1 N–H and O–H groups in total. The van der Waals surface area contributed by atoms with E-state index >= 15 is 0 Å². The quantitative estimate of drug-likeness (QED) is 0.670. The summed E-state index contributed by atoms with van der Waals surface area (Å²) in [4.78, 5) is 15.8. The van der Waals surface area contributed by atoms with E-state index in [0.717, 1.165) is 17.3 Å². The van der Waals surface area contributed by atoms with Crippen LogP contribution >= 0.6 is 23.4 Å². The van der Waals surface area contributed by atoms with E-state index in [9.17, 15) is 4.79 Å². The number of hydrogen-bond donors (Lipinski definition) is 1. The Bertz CT molecular complexity index is 836. The summed E-state index contributed by atoms with van der Waals surface area (Å²) in [7, 11) is 0. The number of anilines is 1. The van der Waals surface area contributed by atoms with Crippen molar-refractivity contribution in [2.75, 3.05) is 11.1 Å². The van der Waals surface area contributed by atoms with Crippen LogP contribution in [0.3, 0.4) is 0 Å². The van der Waals surface area contributed by atoms with E-state index in [1.807, 2.05) is 13.0 Å². The van der Waals surface area contributed by atoms with Crippen molar-refractivity contribution in [3.8, 4) is 0 Å². The molecule has 0 atom stereocenters. The van der Waals surface area contributed by atoms with Gasteiger partial charge in [-0.1, -0.05) is 29.4 Å². The topological polar surface area (TPSA) is 98.7 Å². The van der Waals surface area contributed by atoms with Crippen molar-refractivity contribution < 1.29 is 9.21 Å². The number of nitrogens with zero attached hydrogens (tertiary/aromatic N) is 5. The zero-order valence-electron chi connectivity index (χ0n) is 12.6. The maximum Gasteiger partial charge on any atom is 0.277 e. The molecule has 3 aromatic rings. The minimum atomic E-state index is -0.207. The molecule has 0 bridgehead atoms. The molecule has 0 aliphatic heterocycles. The summed E-state index contributed by atoms with van der Waals surface area (Å²) in [5.41, 5.74) is 1.60. The molecule has 10 heteroatoms. The van der Waals surface area contributed by atoms with Crippen molar-refractivity contribution in [2.45, 2.75) is 18.7 Å². The fraction of sp³-hybridized carbons (Fsp3) is 0.214. The van der Waals surface area contributed by atoms with Crippen LogP contribution in [0.15, 0.2) is 40.5 Å². The Morgan fingerprint density at radius 3 is 3.04 bits per heavy atom. The second kappa shape index (κ2) is 7.45. The second-order valence-electron chi connectivity index (χ2n) is 4.87. The Morgan fingerprint density at radius 2 is 2.29 bits per heavy atom. The van der Waals surface area contributed by atoms with Gasteiger partial charge in [-0.2, -0.15) is 5.10 Å². The molecule has 0 spiro atoms. The third kappa shape index (κ3) is 4.33. The lowest BCUT2D eigenvalue weighted by molar-refractivity contribution is -0.113. The zero-order valence-corrected chi connectivity index (χ0v) is 14.2. The van der Waals surface area contributed by atoms with Gasteiger partial charge in [0.25, 0.3) is 5.22 Å². The summed E-state index contributed by atoms with van der Waals surface area (Å²) in [5, 5.41) is 15.3. The first kappa shape index (κ1) is 16.5. The summed E-state index contributed by atoms with van der Waals surface area (Å²) in [6.45, 7) is 2.26.